The number of anilines is 1. The Hall–Kier alpha value is -1.81. The van der Waals surface area contributed by atoms with Gasteiger partial charge in [0.25, 0.3) is 0 Å². The molecule has 0 bridgehead atoms. The Morgan fingerprint density at radius 2 is 2.06 bits per heavy atom. The lowest BCUT2D eigenvalue weighted by atomic mass is 10.0. The molecule has 0 aliphatic heterocycles. The third kappa shape index (κ3) is 1.69. The monoisotopic (exact) mass is 257 g/mol. The van der Waals surface area contributed by atoms with Gasteiger partial charge in [0.15, 0.2) is 0 Å². The first-order valence-corrected chi connectivity index (χ1v) is 6.81. The van der Waals surface area contributed by atoms with Gasteiger partial charge in [0.2, 0.25) is 0 Å². The molecule has 0 unspecified atom stereocenters. The van der Waals surface area contributed by atoms with E-state index in [9.17, 15) is 0 Å². The molecule has 0 amide bonds. The van der Waals surface area contributed by atoms with Crippen LogP contribution in [0.3, 0.4) is 0 Å². The third-order valence-electron chi connectivity index (χ3n) is 3.08. The molecular weight excluding hydrogens is 242 g/mol. The number of thiophene rings is 1. The average molecular weight is 257 g/mol. The van der Waals surface area contributed by atoms with Crippen LogP contribution in [0.2, 0.25) is 0 Å². The Balaban J connectivity index is 2.20. The molecule has 0 saturated heterocycles. The summed E-state index contributed by atoms with van der Waals surface area (Å²) < 4.78 is 1.29. The molecule has 3 nitrogen and oxygen atoms in total. The Morgan fingerprint density at radius 3 is 2.78 bits per heavy atom. The lowest BCUT2D eigenvalue weighted by molar-refractivity contribution is 0.873. The predicted molar refractivity (Wildman–Crippen MR) is 77.9 cm³/mol. The molecule has 4 heteroatoms. The van der Waals surface area contributed by atoms with Gasteiger partial charge in [-0.25, -0.2) is 0 Å². The molecule has 2 heterocycles. The summed E-state index contributed by atoms with van der Waals surface area (Å²) in [4.78, 5) is 1.20. The molecule has 0 fully saturated rings. The molecule has 18 heavy (non-hydrogen) atoms. The van der Waals surface area contributed by atoms with Gasteiger partial charge in [-0.2, -0.15) is 5.10 Å². The minimum absolute atomic E-state index is 0.365. The van der Waals surface area contributed by atoms with Crippen LogP contribution in [-0.4, -0.2) is 10.2 Å². The van der Waals surface area contributed by atoms with E-state index in [2.05, 4.69) is 54.4 Å². The van der Waals surface area contributed by atoms with Crippen LogP contribution in [-0.2, 0) is 0 Å². The highest BCUT2D eigenvalue weighted by Crippen LogP contribution is 2.37. The molecule has 2 aromatic heterocycles. The summed E-state index contributed by atoms with van der Waals surface area (Å²) in [5.74, 6) is 0.974. The number of nitrogens with one attached hydrogen (secondary N) is 1. The highest BCUT2D eigenvalue weighted by Gasteiger charge is 2.17. The van der Waals surface area contributed by atoms with E-state index in [-0.39, 0.29) is 0 Å². The van der Waals surface area contributed by atoms with Gasteiger partial charge in [0, 0.05) is 10.3 Å². The molecule has 1 aromatic carbocycles. The first-order valence-electron chi connectivity index (χ1n) is 5.99. The van der Waals surface area contributed by atoms with E-state index in [0.29, 0.717) is 11.7 Å². The Morgan fingerprint density at radius 1 is 1.28 bits per heavy atom. The van der Waals surface area contributed by atoms with Crippen LogP contribution in [0.15, 0.2) is 30.3 Å². The van der Waals surface area contributed by atoms with Gasteiger partial charge < -0.3 is 5.73 Å². The van der Waals surface area contributed by atoms with Crippen LogP contribution >= 0.6 is 11.3 Å². The number of hydrogen-bond acceptors (Lipinski definition) is 3. The Bertz CT molecular complexity index is 661. The van der Waals surface area contributed by atoms with E-state index in [1.165, 1.54) is 15.0 Å². The number of nitrogens with zero attached hydrogens (tertiary/aromatic N) is 1. The summed E-state index contributed by atoms with van der Waals surface area (Å²) in [6, 6.07) is 10.6. The van der Waals surface area contributed by atoms with E-state index in [1.807, 2.05) is 0 Å². The molecule has 92 valence electrons. The molecule has 0 spiro atoms. The topological polar surface area (TPSA) is 54.7 Å². The summed E-state index contributed by atoms with van der Waals surface area (Å²) in [5.41, 5.74) is 8.11. The fourth-order valence-corrected chi connectivity index (χ4v) is 3.31. The standard InChI is InChI=1S/C14H15N3S/c1-8(2)12-13(16-17-14(12)15)11-7-9-5-3-4-6-10(9)18-11/h3-8H,1-2H3,(H3,15,16,17). The SMILES string of the molecule is CC(C)c1c(N)n[nH]c1-c1cc2ccccc2s1. The minimum atomic E-state index is 0.365. The van der Waals surface area contributed by atoms with Gasteiger partial charge in [0.05, 0.1) is 10.6 Å². The number of aromatic nitrogens is 2. The zero-order valence-electron chi connectivity index (χ0n) is 10.4. The number of fused-ring (bicyclic) bond motifs is 1. The predicted octanol–water partition coefficient (Wildman–Crippen LogP) is 4.00. The van der Waals surface area contributed by atoms with Crippen molar-refractivity contribution in [3.63, 3.8) is 0 Å². The summed E-state index contributed by atoms with van der Waals surface area (Å²) in [6.45, 7) is 4.27. The van der Waals surface area contributed by atoms with Gasteiger partial charge in [-0.3, -0.25) is 5.10 Å². The van der Waals surface area contributed by atoms with Crippen LogP contribution in [0.5, 0.6) is 0 Å². The molecule has 3 rings (SSSR count). The second kappa shape index (κ2) is 4.14. The largest absolute Gasteiger partial charge is 0.382 e. The maximum atomic E-state index is 5.94. The lowest BCUT2D eigenvalue weighted by Gasteiger charge is -2.05. The minimum Gasteiger partial charge on any atom is -0.382 e. The number of hydrogen-bond donors (Lipinski definition) is 2. The Labute approximate surface area is 110 Å². The molecule has 3 aromatic rings. The van der Waals surface area contributed by atoms with Crippen LogP contribution in [0.25, 0.3) is 20.7 Å². The van der Waals surface area contributed by atoms with E-state index in [1.54, 1.807) is 11.3 Å². The highest BCUT2D eigenvalue weighted by molar-refractivity contribution is 7.22. The number of H-pyrrole nitrogens is 1. The number of aromatic amines is 1. The second-order valence-corrected chi connectivity index (χ2v) is 5.78. The van der Waals surface area contributed by atoms with Crippen molar-refractivity contribution in [2.45, 2.75) is 19.8 Å². The number of rotatable bonds is 2. The van der Waals surface area contributed by atoms with Crippen molar-refractivity contribution >= 4 is 27.2 Å². The van der Waals surface area contributed by atoms with Crippen molar-refractivity contribution < 1.29 is 0 Å². The van der Waals surface area contributed by atoms with Gasteiger partial charge in [0.1, 0.15) is 5.82 Å². The fourth-order valence-electron chi connectivity index (χ4n) is 2.24. The number of nitrogens with two attached hydrogens (primary N) is 1. The van der Waals surface area contributed by atoms with Gasteiger partial charge in [-0.15, -0.1) is 11.3 Å². The van der Waals surface area contributed by atoms with Gasteiger partial charge >= 0.3 is 0 Å². The molecule has 0 saturated carbocycles. The van der Waals surface area contributed by atoms with Crippen molar-refractivity contribution in [2.75, 3.05) is 5.73 Å². The summed E-state index contributed by atoms with van der Waals surface area (Å²) in [7, 11) is 0. The normalized spacial score (nSPS) is 11.5. The summed E-state index contributed by atoms with van der Waals surface area (Å²) in [6.07, 6.45) is 0. The molecule has 0 aliphatic rings. The van der Waals surface area contributed by atoms with Crippen LogP contribution < -0.4 is 5.73 Å². The zero-order valence-corrected chi connectivity index (χ0v) is 11.2. The maximum absolute atomic E-state index is 5.94. The lowest BCUT2D eigenvalue weighted by Crippen LogP contribution is -1.94. The van der Waals surface area contributed by atoms with Crippen molar-refractivity contribution in [3.05, 3.63) is 35.9 Å². The molecule has 3 N–H and O–H groups in total. The smallest absolute Gasteiger partial charge is 0.149 e. The van der Waals surface area contributed by atoms with Gasteiger partial charge in [-0.1, -0.05) is 32.0 Å². The molecule has 0 radical (unpaired) electrons. The first-order chi connectivity index (χ1) is 8.66. The Kier molecular flexibility index (Phi) is 2.59. The van der Waals surface area contributed by atoms with Gasteiger partial charge in [-0.05, 0) is 23.4 Å². The molecule has 0 aliphatic carbocycles. The zero-order chi connectivity index (χ0) is 12.7. The van der Waals surface area contributed by atoms with E-state index in [4.69, 9.17) is 5.73 Å². The average Bonchev–Trinajstić information content (AvgIpc) is 2.91. The van der Waals surface area contributed by atoms with Crippen molar-refractivity contribution in [3.8, 4) is 10.6 Å². The third-order valence-corrected chi connectivity index (χ3v) is 4.22. The molecule has 0 atom stereocenters. The summed E-state index contributed by atoms with van der Waals surface area (Å²) >= 11 is 1.77. The van der Waals surface area contributed by atoms with Crippen molar-refractivity contribution in [2.24, 2.45) is 0 Å². The van der Waals surface area contributed by atoms with Crippen LogP contribution in [0.4, 0.5) is 5.82 Å². The van der Waals surface area contributed by atoms with Crippen LogP contribution in [0.1, 0.15) is 25.3 Å². The molecular formula is C14H15N3S. The second-order valence-electron chi connectivity index (χ2n) is 4.70. The number of nitrogen functional groups attached to an aromatic ring is 1. The first kappa shape index (κ1) is 11.3. The fraction of sp³-hybridized carbons (Fsp3) is 0.214. The van der Waals surface area contributed by atoms with E-state index < -0.39 is 0 Å². The van der Waals surface area contributed by atoms with E-state index in [0.717, 1.165) is 11.3 Å². The van der Waals surface area contributed by atoms with E-state index >= 15 is 0 Å². The maximum Gasteiger partial charge on any atom is 0.149 e. The summed E-state index contributed by atoms with van der Waals surface area (Å²) in [5, 5.41) is 8.48. The van der Waals surface area contributed by atoms with Crippen molar-refractivity contribution in [1.29, 1.82) is 0 Å². The van der Waals surface area contributed by atoms with Crippen LogP contribution in [0, 0.1) is 0 Å². The van der Waals surface area contributed by atoms with Crippen molar-refractivity contribution in [1.82, 2.24) is 10.2 Å². The number of benzene rings is 1. The quantitative estimate of drug-likeness (QED) is 0.729. The highest BCUT2D eigenvalue weighted by atomic mass is 32.1.